The zero-order valence-corrected chi connectivity index (χ0v) is 23.9. The fourth-order valence-electron chi connectivity index (χ4n) is 4.03. The lowest BCUT2D eigenvalue weighted by molar-refractivity contribution is -0.142. The Labute approximate surface area is 226 Å². The molecular weight excluding hydrogens is 482 g/mol. The van der Waals surface area contributed by atoms with E-state index in [-0.39, 0.29) is 24.6 Å². The van der Waals surface area contributed by atoms with Crippen LogP contribution in [0.25, 0.3) is 0 Å². The normalized spacial score (nSPS) is 13.3. The Kier molecular flexibility index (Phi) is 10.3. The number of phenolic OH excluding ortho intramolecular Hbond substituents is 1. The molecule has 2 atom stereocenters. The van der Waals surface area contributed by atoms with E-state index in [2.05, 4.69) is 17.6 Å². The highest BCUT2D eigenvalue weighted by atomic mass is 16.6. The third kappa shape index (κ3) is 9.39. The Balaban J connectivity index is 2.50. The van der Waals surface area contributed by atoms with Crippen LogP contribution in [-0.4, -0.2) is 51.6 Å². The van der Waals surface area contributed by atoms with E-state index >= 15 is 0 Å². The number of ether oxygens (including phenoxy) is 1. The molecule has 0 fully saturated rings. The predicted molar refractivity (Wildman–Crippen MR) is 149 cm³/mol. The molecule has 2 rings (SSSR count). The molecule has 0 aliphatic carbocycles. The summed E-state index contributed by atoms with van der Waals surface area (Å²) in [6.07, 6.45) is 0.273. The fourth-order valence-corrected chi connectivity index (χ4v) is 4.03. The number of amides is 3. The predicted octanol–water partition coefficient (Wildman–Crippen LogP) is 4.89. The number of carbonyl (C=O) groups is 3. The number of nitrogens with zero attached hydrogens (tertiary/aromatic N) is 1. The van der Waals surface area contributed by atoms with Gasteiger partial charge < -0.3 is 25.4 Å². The number of phenols is 1. The molecule has 2 unspecified atom stereocenters. The third-order valence-corrected chi connectivity index (χ3v) is 5.75. The molecule has 0 aliphatic heterocycles. The molecule has 8 heteroatoms. The first-order valence-corrected chi connectivity index (χ1v) is 13.1. The van der Waals surface area contributed by atoms with Crippen LogP contribution in [-0.2, 0) is 27.2 Å². The topological polar surface area (TPSA) is 108 Å². The molecule has 2 aromatic carbocycles. The van der Waals surface area contributed by atoms with Crippen LogP contribution in [0.1, 0.15) is 78.1 Å². The summed E-state index contributed by atoms with van der Waals surface area (Å²) in [5.74, 6) is -0.626. The van der Waals surface area contributed by atoms with Crippen LogP contribution >= 0.6 is 0 Å². The maximum absolute atomic E-state index is 14.1. The van der Waals surface area contributed by atoms with Gasteiger partial charge in [-0.05, 0) is 83.7 Å². The summed E-state index contributed by atoms with van der Waals surface area (Å²) in [4.78, 5) is 41.9. The van der Waals surface area contributed by atoms with E-state index in [1.807, 2.05) is 45.0 Å². The molecule has 8 nitrogen and oxygen atoms in total. The molecule has 0 spiro atoms. The van der Waals surface area contributed by atoms with E-state index in [1.54, 1.807) is 39.8 Å². The van der Waals surface area contributed by atoms with Gasteiger partial charge in [0.25, 0.3) is 0 Å². The van der Waals surface area contributed by atoms with E-state index in [0.717, 1.165) is 17.5 Å². The van der Waals surface area contributed by atoms with Gasteiger partial charge in [-0.3, -0.25) is 9.59 Å². The average Bonchev–Trinajstić information content (AvgIpc) is 2.80. The zero-order chi connectivity index (χ0) is 28.7. The van der Waals surface area contributed by atoms with Crippen molar-refractivity contribution in [2.45, 2.75) is 91.5 Å². The summed E-state index contributed by atoms with van der Waals surface area (Å²) >= 11 is 0. The number of nitrogens with one attached hydrogen (secondary N) is 2. The molecule has 38 heavy (non-hydrogen) atoms. The van der Waals surface area contributed by atoms with Crippen molar-refractivity contribution in [3.63, 3.8) is 0 Å². The van der Waals surface area contributed by atoms with Gasteiger partial charge in [0.1, 0.15) is 23.4 Å². The number of carbonyl (C=O) groups excluding carboxylic acids is 3. The highest BCUT2D eigenvalue weighted by Gasteiger charge is 2.36. The second kappa shape index (κ2) is 12.8. The Bertz CT molecular complexity index is 1080. The number of hydrogen-bond donors (Lipinski definition) is 3. The SMILES string of the molecule is CCc1ccc(C(C(=O)NC(C)(C)C)N(CC)C(=O)C(Cc2ccc(O)cc2)NC(=O)OC(C)(C)C)cc1. The molecule has 208 valence electrons. The van der Waals surface area contributed by atoms with Crippen molar-refractivity contribution in [2.75, 3.05) is 6.54 Å². The monoisotopic (exact) mass is 525 g/mol. The maximum Gasteiger partial charge on any atom is 0.408 e. The molecule has 0 heterocycles. The lowest BCUT2D eigenvalue weighted by Gasteiger charge is -2.35. The molecule has 0 aliphatic rings. The van der Waals surface area contributed by atoms with Crippen molar-refractivity contribution < 1.29 is 24.2 Å². The first kappa shape index (κ1) is 30.7. The lowest BCUT2D eigenvalue weighted by Crippen LogP contribution is -2.55. The molecule has 0 radical (unpaired) electrons. The fraction of sp³-hybridized carbons (Fsp3) is 0.500. The maximum atomic E-state index is 14.1. The van der Waals surface area contributed by atoms with Crippen molar-refractivity contribution in [3.05, 3.63) is 65.2 Å². The van der Waals surface area contributed by atoms with E-state index in [1.165, 1.54) is 17.0 Å². The van der Waals surface area contributed by atoms with Gasteiger partial charge >= 0.3 is 6.09 Å². The molecule has 3 amide bonds. The van der Waals surface area contributed by atoms with Gasteiger partial charge in [-0.25, -0.2) is 4.79 Å². The lowest BCUT2D eigenvalue weighted by atomic mass is 9.98. The van der Waals surface area contributed by atoms with Crippen LogP contribution in [0.2, 0.25) is 0 Å². The second-order valence-corrected chi connectivity index (χ2v) is 11.4. The number of benzene rings is 2. The van der Waals surface area contributed by atoms with Gasteiger partial charge in [-0.1, -0.05) is 43.3 Å². The first-order valence-electron chi connectivity index (χ1n) is 13.1. The van der Waals surface area contributed by atoms with Gasteiger partial charge in [0.15, 0.2) is 0 Å². The number of rotatable bonds is 9. The van der Waals surface area contributed by atoms with Crippen LogP contribution in [0.15, 0.2) is 48.5 Å². The largest absolute Gasteiger partial charge is 0.508 e. The highest BCUT2D eigenvalue weighted by Crippen LogP contribution is 2.25. The van der Waals surface area contributed by atoms with E-state index in [4.69, 9.17) is 4.74 Å². The summed E-state index contributed by atoms with van der Waals surface area (Å²) < 4.78 is 5.43. The summed E-state index contributed by atoms with van der Waals surface area (Å²) in [6.45, 7) is 15.0. The first-order chi connectivity index (χ1) is 17.6. The van der Waals surface area contributed by atoms with E-state index < -0.39 is 35.2 Å². The van der Waals surface area contributed by atoms with Crippen molar-refractivity contribution in [1.82, 2.24) is 15.5 Å². The number of alkyl carbamates (subject to hydrolysis) is 1. The second-order valence-electron chi connectivity index (χ2n) is 11.4. The smallest absolute Gasteiger partial charge is 0.408 e. The molecule has 0 saturated carbocycles. The van der Waals surface area contributed by atoms with Crippen LogP contribution in [0.5, 0.6) is 5.75 Å². The zero-order valence-electron chi connectivity index (χ0n) is 23.9. The Morgan fingerprint density at radius 1 is 0.895 bits per heavy atom. The standard InChI is InChI=1S/C30H43N3O5/c1-9-20-11-15-22(16-12-20)25(26(35)32-29(3,4)5)33(10-2)27(36)24(31-28(37)38-30(6,7)8)19-21-13-17-23(34)18-14-21/h11-18,24-25,34H,9-10,19H2,1-8H3,(H,31,37)(H,32,35). The average molecular weight is 526 g/mol. The van der Waals surface area contributed by atoms with E-state index in [0.29, 0.717) is 5.56 Å². The minimum Gasteiger partial charge on any atom is -0.508 e. The summed E-state index contributed by atoms with van der Waals surface area (Å²) in [6, 6.07) is 12.2. The van der Waals surface area contributed by atoms with Crippen LogP contribution in [0.4, 0.5) is 4.79 Å². The summed E-state index contributed by atoms with van der Waals surface area (Å²) in [5.41, 5.74) is 1.27. The molecule has 2 aromatic rings. The molecule has 0 bridgehead atoms. The molecule has 3 N–H and O–H groups in total. The third-order valence-electron chi connectivity index (χ3n) is 5.75. The van der Waals surface area contributed by atoms with Crippen molar-refractivity contribution >= 4 is 17.9 Å². The minimum atomic E-state index is -1.01. The number of aryl methyl sites for hydroxylation is 1. The van der Waals surface area contributed by atoms with Gasteiger partial charge in [-0.15, -0.1) is 0 Å². The summed E-state index contributed by atoms with van der Waals surface area (Å²) in [5, 5.41) is 15.4. The minimum absolute atomic E-state index is 0.0985. The number of aromatic hydroxyl groups is 1. The van der Waals surface area contributed by atoms with Gasteiger partial charge in [0.05, 0.1) is 0 Å². The van der Waals surface area contributed by atoms with Gasteiger partial charge in [0, 0.05) is 18.5 Å². The Morgan fingerprint density at radius 2 is 1.45 bits per heavy atom. The number of hydrogen-bond acceptors (Lipinski definition) is 5. The van der Waals surface area contributed by atoms with Crippen molar-refractivity contribution in [1.29, 1.82) is 0 Å². The highest BCUT2D eigenvalue weighted by molar-refractivity contribution is 5.92. The van der Waals surface area contributed by atoms with Crippen LogP contribution < -0.4 is 10.6 Å². The van der Waals surface area contributed by atoms with Crippen LogP contribution in [0.3, 0.4) is 0 Å². The Morgan fingerprint density at radius 3 is 1.92 bits per heavy atom. The van der Waals surface area contributed by atoms with Crippen molar-refractivity contribution in [2.24, 2.45) is 0 Å². The molecular formula is C30H43N3O5. The van der Waals surface area contributed by atoms with Crippen LogP contribution in [0, 0.1) is 0 Å². The Hall–Kier alpha value is -3.55. The van der Waals surface area contributed by atoms with Gasteiger partial charge in [0.2, 0.25) is 11.8 Å². The van der Waals surface area contributed by atoms with Crippen molar-refractivity contribution in [3.8, 4) is 5.75 Å². The summed E-state index contributed by atoms with van der Waals surface area (Å²) in [7, 11) is 0. The van der Waals surface area contributed by atoms with E-state index in [9.17, 15) is 19.5 Å². The van der Waals surface area contributed by atoms with Gasteiger partial charge in [-0.2, -0.15) is 0 Å². The quantitative estimate of drug-likeness (QED) is 0.432. The molecule has 0 saturated heterocycles. The number of likely N-dealkylation sites (N-methyl/N-ethyl adjacent to an activating group) is 1. The molecule has 0 aromatic heterocycles.